The number of carbonyl (C=O) groups is 4. The molecule has 2 aromatic carbocycles. The van der Waals surface area contributed by atoms with Gasteiger partial charge in [0.15, 0.2) is 0 Å². The maximum absolute atomic E-state index is 12.5. The highest BCUT2D eigenvalue weighted by Gasteiger charge is 2.35. The van der Waals surface area contributed by atoms with Gasteiger partial charge in [-0.15, -0.1) is 0 Å². The van der Waals surface area contributed by atoms with Gasteiger partial charge in [-0.1, -0.05) is 60.7 Å². The van der Waals surface area contributed by atoms with Crippen LogP contribution in [0.25, 0.3) is 0 Å². The first-order chi connectivity index (χ1) is 32.3. The zero-order valence-electron chi connectivity index (χ0n) is 38.2. The minimum Gasteiger partial charge on any atom is -0.748 e. The van der Waals surface area contributed by atoms with E-state index < -0.39 is 68.3 Å². The monoisotopic (exact) mass is 994 g/mol. The van der Waals surface area contributed by atoms with Gasteiger partial charge in [-0.25, -0.2) is 32.1 Å². The molecule has 3 heterocycles. The number of nitrogens with zero attached hydrogens (tertiary/aromatic N) is 4. The topological polar surface area (TPSA) is 297 Å². The van der Waals surface area contributed by atoms with E-state index in [0.717, 1.165) is 17.7 Å². The number of hydrogen-bond donors (Lipinski definition) is 4. The fourth-order valence-corrected chi connectivity index (χ4v) is 7.14. The minimum absolute atomic E-state index is 0.0405. The standard InChI is InChI=1S/C22H31N3O8S.C19H25N3O5.C3H6O3S/c1-22(16-26,17-33-21(28)32-15-19-7-3-2-4-8-19)20(27)23-9-5-10-24-12-13-25(18-24)11-6-14-34(29,30)31;1-19(13-23,17(24)21-8-5-10-22-11-9-20-15-22)14-27-18(25)26-12-16-6-3-2-4-7-16;4-7(5)3-1-2-6-7/h2-4,7-8,12-13,18,26H,5-6,9-11,14-17H2,1H3,(H-,23,27,29,30,31);2-4,6-7,9,11,15,23H,5,8,10,12-14H2,1H3,(H,21,24);1-3H2. The SMILES string of the molecule is CC(CO)(COC(=O)OCc1ccccc1)C(=O)NCCC[n+]1ccn(CCCS(=O)(=O)[O-])c1.CC(CO)(COC(=O)OCc1ccccc1)C(=O)NCCCn1ccnc1.O=S1(=O)CCCO1. The van der Waals surface area contributed by atoms with Crippen LogP contribution in [0.3, 0.4) is 0 Å². The van der Waals surface area contributed by atoms with Crippen LogP contribution in [0.4, 0.5) is 9.59 Å². The van der Waals surface area contributed by atoms with E-state index in [-0.39, 0.29) is 44.5 Å². The molecule has 1 fully saturated rings. The molecule has 2 unspecified atom stereocenters. The van der Waals surface area contributed by atoms with Crippen molar-refractivity contribution in [3.8, 4) is 0 Å². The number of aliphatic hydroxyl groups excluding tert-OH is 2. The highest BCUT2D eigenvalue weighted by atomic mass is 32.2. The molecule has 2 amide bonds. The van der Waals surface area contributed by atoms with Crippen molar-refractivity contribution < 1.29 is 78.5 Å². The molecule has 68 heavy (non-hydrogen) atoms. The Morgan fingerprint density at radius 2 is 1.32 bits per heavy atom. The predicted molar refractivity (Wildman–Crippen MR) is 241 cm³/mol. The van der Waals surface area contributed by atoms with E-state index in [9.17, 15) is 50.8 Å². The largest absolute Gasteiger partial charge is 0.748 e. The predicted octanol–water partition coefficient (Wildman–Crippen LogP) is 2.05. The number of rotatable bonds is 24. The highest BCUT2D eigenvalue weighted by Crippen LogP contribution is 2.18. The summed E-state index contributed by atoms with van der Waals surface area (Å²) < 4.78 is 82.3. The number of benzene rings is 2. The molecule has 0 aliphatic carbocycles. The number of nitrogens with one attached hydrogen (secondary N) is 2. The van der Waals surface area contributed by atoms with Crippen LogP contribution < -0.4 is 15.2 Å². The summed E-state index contributed by atoms with van der Waals surface area (Å²) in [5, 5.41) is 24.7. The molecular formula is C44H62N6O16S2. The fourth-order valence-electron chi connectivity index (χ4n) is 5.70. The van der Waals surface area contributed by atoms with Crippen molar-refractivity contribution in [1.29, 1.82) is 0 Å². The van der Waals surface area contributed by atoms with E-state index >= 15 is 0 Å². The van der Waals surface area contributed by atoms with Gasteiger partial charge in [0, 0.05) is 44.2 Å². The summed E-state index contributed by atoms with van der Waals surface area (Å²) in [4.78, 5) is 52.3. The van der Waals surface area contributed by atoms with Crippen molar-refractivity contribution in [2.45, 2.75) is 72.4 Å². The Morgan fingerprint density at radius 1 is 0.794 bits per heavy atom. The van der Waals surface area contributed by atoms with Gasteiger partial charge in [-0.2, -0.15) is 8.42 Å². The summed E-state index contributed by atoms with van der Waals surface area (Å²) in [5.74, 6) is -1.04. The molecule has 0 radical (unpaired) electrons. The summed E-state index contributed by atoms with van der Waals surface area (Å²) in [5.41, 5.74) is -0.925. The molecule has 0 saturated carbocycles. The maximum atomic E-state index is 12.5. The number of amides is 2. The van der Waals surface area contributed by atoms with Gasteiger partial charge in [0.05, 0.1) is 55.1 Å². The van der Waals surface area contributed by atoms with Crippen LogP contribution in [0.15, 0.2) is 98.1 Å². The molecule has 1 saturated heterocycles. The molecule has 22 nitrogen and oxygen atoms in total. The Hall–Kier alpha value is -5.92. The van der Waals surface area contributed by atoms with Gasteiger partial charge in [0.2, 0.25) is 18.1 Å². The van der Waals surface area contributed by atoms with E-state index in [4.69, 9.17) is 18.9 Å². The zero-order chi connectivity index (χ0) is 49.9. The molecule has 4 aromatic rings. The van der Waals surface area contributed by atoms with Gasteiger partial charge in [-0.3, -0.25) is 13.8 Å². The van der Waals surface area contributed by atoms with Crippen molar-refractivity contribution >= 4 is 44.4 Å². The molecule has 2 atom stereocenters. The van der Waals surface area contributed by atoms with Gasteiger partial charge >= 0.3 is 12.3 Å². The van der Waals surface area contributed by atoms with Crippen LogP contribution >= 0.6 is 0 Å². The number of carbonyl (C=O) groups excluding carboxylic acids is 4. The molecule has 0 bridgehead atoms. The highest BCUT2D eigenvalue weighted by molar-refractivity contribution is 7.86. The average molecular weight is 995 g/mol. The summed E-state index contributed by atoms with van der Waals surface area (Å²) in [6.07, 6.45) is 11.0. The van der Waals surface area contributed by atoms with Crippen LogP contribution in [0.1, 0.15) is 50.7 Å². The van der Waals surface area contributed by atoms with Crippen molar-refractivity contribution in [2.24, 2.45) is 10.8 Å². The molecule has 24 heteroatoms. The number of imidazole rings is 2. The Morgan fingerprint density at radius 3 is 1.76 bits per heavy atom. The fraction of sp³-hybridized carbons (Fsp3) is 0.500. The van der Waals surface area contributed by atoms with Crippen molar-refractivity contribution in [3.63, 3.8) is 0 Å². The second-order valence-electron chi connectivity index (χ2n) is 16.0. The van der Waals surface area contributed by atoms with Gasteiger partial charge in [0.1, 0.15) is 49.7 Å². The van der Waals surface area contributed by atoms with E-state index in [2.05, 4.69) is 19.8 Å². The summed E-state index contributed by atoms with van der Waals surface area (Å²) in [6.45, 7) is 4.43. The third-order valence-corrected chi connectivity index (χ3v) is 12.0. The lowest BCUT2D eigenvalue weighted by Gasteiger charge is -2.25. The van der Waals surface area contributed by atoms with Crippen LogP contribution in [0.5, 0.6) is 0 Å². The Kier molecular flexibility index (Phi) is 24.1. The molecule has 376 valence electrons. The zero-order valence-corrected chi connectivity index (χ0v) is 39.8. The normalized spacial score (nSPS) is 14.5. The lowest BCUT2D eigenvalue weighted by atomic mass is 9.92. The molecule has 1 aliphatic rings. The van der Waals surface area contributed by atoms with E-state index in [1.807, 2.05) is 63.9 Å². The van der Waals surface area contributed by atoms with Crippen molar-refractivity contribution in [1.82, 2.24) is 24.8 Å². The van der Waals surface area contributed by atoms with Crippen molar-refractivity contribution in [2.75, 3.05) is 57.6 Å². The lowest BCUT2D eigenvalue weighted by molar-refractivity contribution is -0.696. The molecule has 4 N–H and O–H groups in total. The summed E-state index contributed by atoms with van der Waals surface area (Å²) in [6, 6.07) is 18.3. The molecular weight excluding hydrogens is 933 g/mol. The first-order valence-corrected chi connectivity index (χ1v) is 24.8. The van der Waals surface area contributed by atoms with Gasteiger partial charge < -0.3 is 48.9 Å². The average Bonchev–Trinajstić information content (AvgIpc) is 4.12. The van der Waals surface area contributed by atoms with E-state index in [1.165, 1.54) is 13.8 Å². The lowest BCUT2D eigenvalue weighted by Crippen LogP contribution is -2.46. The number of ether oxygens (including phenoxy) is 4. The number of aromatic nitrogens is 4. The van der Waals surface area contributed by atoms with E-state index in [1.54, 1.807) is 47.9 Å². The first-order valence-electron chi connectivity index (χ1n) is 21.6. The first kappa shape index (κ1) is 56.4. The summed E-state index contributed by atoms with van der Waals surface area (Å²) >= 11 is 0. The van der Waals surface area contributed by atoms with Gasteiger partial charge in [0.25, 0.3) is 10.1 Å². The second kappa shape index (κ2) is 29.1. The third-order valence-electron chi connectivity index (χ3n) is 9.89. The van der Waals surface area contributed by atoms with Crippen LogP contribution in [0.2, 0.25) is 0 Å². The molecule has 2 aromatic heterocycles. The number of hydrogen-bond acceptors (Lipinski definition) is 17. The number of aryl methyl sites for hydroxylation is 3. The minimum atomic E-state index is -4.21. The van der Waals surface area contributed by atoms with E-state index in [0.29, 0.717) is 52.0 Å². The van der Waals surface area contributed by atoms with Crippen molar-refractivity contribution in [3.05, 3.63) is 109 Å². The Balaban J connectivity index is 0.000000320. The smallest absolute Gasteiger partial charge is 0.508 e. The van der Waals surface area contributed by atoms with Gasteiger partial charge in [-0.05, 0) is 44.2 Å². The third kappa shape index (κ3) is 22.7. The van der Waals surface area contributed by atoms with Crippen LogP contribution in [0, 0.1) is 10.8 Å². The quantitative estimate of drug-likeness (QED) is 0.0257. The molecule has 1 aliphatic heterocycles. The number of aliphatic hydroxyl groups is 2. The second-order valence-corrected chi connectivity index (χ2v) is 19.3. The Labute approximate surface area is 396 Å². The molecule has 5 rings (SSSR count). The maximum Gasteiger partial charge on any atom is 0.508 e. The van der Waals surface area contributed by atoms with Crippen LogP contribution in [-0.2, 0) is 85.8 Å². The summed E-state index contributed by atoms with van der Waals surface area (Å²) in [7, 11) is -7.26. The Bertz CT molecular complexity index is 2320. The van der Waals surface area contributed by atoms with Crippen LogP contribution in [-0.4, -0.2) is 127 Å². The molecule has 0 spiro atoms.